The van der Waals surface area contributed by atoms with Crippen molar-refractivity contribution in [1.82, 2.24) is 0 Å². The molecular formula is C25H28O11. The summed E-state index contributed by atoms with van der Waals surface area (Å²) in [5.74, 6) is -5.08. The SMILES string of the molecule is COC(=O)[C@@]12OC[C@]34[C@H]([C@@H](O)[C@@H]1O)[C@@]1(C)C=C5OC(=O)C=C5[C@@H](C)[C@@H]1C[C@H]3OC(=O)[C@H](OC(C)=O)[C@@H]24. The standard InChI is InChI=1S/C25H28O11/c1-9-11-5-15(27)35-13(11)7-23(3)12(9)6-14-24-8-33-25(22(31)32-4,20(29)16(28)18(23)24)19(24)17(21(30)36-14)34-10(2)26/h5,7,9,12,14,16-20,28-29H,6,8H2,1-4H3/t9-,12+,14-,16-,17-,18-,19-,20+,23+,24-,25+/m1/s1. The third-order valence-electron chi connectivity index (χ3n) is 9.72. The Balaban J connectivity index is 1.60. The Morgan fingerprint density at radius 2 is 1.92 bits per heavy atom. The molecular weight excluding hydrogens is 476 g/mol. The number of methoxy groups -OCH3 is 1. The lowest BCUT2D eigenvalue weighted by Crippen LogP contribution is -2.79. The summed E-state index contributed by atoms with van der Waals surface area (Å²) in [4.78, 5) is 50.6. The highest BCUT2D eigenvalue weighted by molar-refractivity contribution is 5.89. The van der Waals surface area contributed by atoms with Crippen LogP contribution in [0.25, 0.3) is 0 Å². The first-order chi connectivity index (χ1) is 16.9. The maximum Gasteiger partial charge on any atom is 0.348 e. The Morgan fingerprint density at radius 1 is 1.19 bits per heavy atom. The smallest absolute Gasteiger partial charge is 0.348 e. The van der Waals surface area contributed by atoms with Crippen LogP contribution in [0.1, 0.15) is 27.2 Å². The van der Waals surface area contributed by atoms with Crippen molar-refractivity contribution < 1.29 is 53.1 Å². The first-order valence-electron chi connectivity index (χ1n) is 12.1. The number of hydrogen-bond donors (Lipinski definition) is 2. The van der Waals surface area contributed by atoms with Crippen LogP contribution in [0.5, 0.6) is 0 Å². The Hall–Kier alpha value is -2.76. The van der Waals surface area contributed by atoms with Gasteiger partial charge in [0.15, 0.2) is 0 Å². The van der Waals surface area contributed by atoms with Crippen molar-refractivity contribution in [3.63, 3.8) is 0 Å². The molecule has 2 saturated carbocycles. The predicted molar refractivity (Wildman–Crippen MR) is 115 cm³/mol. The van der Waals surface area contributed by atoms with Gasteiger partial charge in [0.1, 0.15) is 18.0 Å². The number of carbonyl (C=O) groups excluding carboxylic acids is 4. The van der Waals surface area contributed by atoms with Gasteiger partial charge < -0.3 is 33.9 Å². The third-order valence-corrected chi connectivity index (χ3v) is 9.72. The molecule has 11 nitrogen and oxygen atoms in total. The molecule has 2 N–H and O–H groups in total. The summed E-state index contributed by atoms with van der Waals surface area (Å²) in [5, 5.41) is 23.2. The minimum absolute atomic E-state index is 0.149. The molecule has 0 amide bonds. The molecule has 11 atom stereocenters. The number of aliphatic hydroxyl groups excluding tert-OH is 2. The molecule has 2 saturated heterocycles. The number of hydrogen-bond acceptors (Lipinski definition) is 11. The highest BCUT2D eigenvalue weighted by Gasteiger charge is 2.85. The van der Waals surface area contributed by atoms with Crippen molar-refractivity contribution >= 4 is 23.9 Å². The van der Waals surface area contributed by atoms with Gasteiger partial charge in [-0.1, -0.05) is 13.8 Å². The number of carbonyl (C=O) groups is 4. The lowest BCUT2D eigenvalue weighted by Gasteiger charge is -2.67. The fraction of sp³-hybridized carbons (Fsp3) is 0.680. The van der Waals surface area contributed by atoms with Crippen LogP contribution >= 0.6 is 0 Å². The zero-order valence-corrected chi connectivity index (χ0v) is 20.3. The molecule has 0 aromatic carbocycles. The van der Waals surface area contributed by atoms with E-state index in [1.807, 2.05) is 13.8 Å². The molecule has 1 spiro atoms. The predicted octanol–water partition coefficient (Wildman–Crippen LogP) is -0.217. The van der Waals surface area contributed by atoms with E-state index >= 15 is 0 Å². The molecule has 0 radical (unpaired) electrons. The van der Waals surface area contributed by atoms with Gasteiger partial charge in [0, 0.05) is 29.9 Å². The van der Waals surface area contributed by atoms with Crippen molar-refractivity contribution in [2.75, 3.05) is 13.7 Å². The third kappa shape index (κ3) is 2.48. The lowest BCUT2D eigenvalue weighted by molar-refractivity contribution is -0.288. The van der Waals surface area contributed by atoms with Gasteiger partial charge in [0.25, 0.3) is 0 Å². The van der Waals surface area contributed by atoms with Crippen LogP contribution in [0.15, 0.2) is 23.5 Å². The maximum absolute atomic E-state index is 13.2. The molecule has 6 aliphatic rings. The topological polar surface area (TPSA) is 155 Å². The summed E-state index contributed by atoms with van der Waals surface area (Å²) in [6.45, 7) is 4.84. The number of ether oxygens (including phenoxy) is 5. The Kier molecular flexibility index (Phi) is 4.71. The monoisotopic (exact) mass is 504 g/mol. The van der Waals surface area contributed by atoms with Crippen molar-refractivity contribution in [3.8, 4) is 0 Å². The highest BCUT2D eigenvalue weighted by Crippen LogP contribution is 2.73. The first kappa shape index (κ1) is 23.6. The van der Waals surface area contributed by atoms with Crippen molar-refractivity contribution in [2.45, 2.75) is 57.2 Å². The fourth-order valence-electron chi connectivity index (χ4n) is 8.58. The minimum atomic E-state index is -2.15. The molecule has 3 heterocycles. The van der Waals surface area contributed by atoms with Crippen LogP contribution in [0, 0.1) is 34.5 Å². The van der Waals surface area contributed by atoms with Gasteiger partial charge in [-0.25, -0.2) is 14.4 Å². The fourth-order valence-corrected chi connectivity index (χ4v) is 8.58. The molecule has 3 aliphatic heterocycles. The summed E-state index contributed by atoms with van der Waals surface area (Å²) in [6, 6.07) is 0. The summed E-state index contributed by atoms with van der Waals surface area (Å²) in [6.07, 6.45) is -2.08. The van der Waals surface area contributed by atoms with Crippen LogP contribution in [-0.4, -0.2) is 77.8 Å². The summed E-state index contributed by atoms with van der Waals surface area (Å²) in [7, 11) is 1.11. The van der Waals surface area contributed by atoms with E-state index in [2.05, 4.69) is 0 Å². The number of rotatable bonds is 2. The van der Waals surface area contributed by atoms with E-state index in [4.69, 9.17) is 23.7 Å². The molecule has 3 aliphatic carbocycles. The zero-order valence-electron chi connectivity index (χ0n) is 20.3. The van der Waals surface area contributed by atoms with Crippen LogP contribution in [-0.2, 0) is 42.9 Å². The van der Waals surface area contributed by atoms with E-state index in [9.17, 15) is 29.4 Å². The van der Waals surface area contributed by atoms with E-state index < -0.39 is 76.6 Å². The van der Waals surface area contributed by atoms with Gasteiger partial charge in [-0.2, -0.15) is 0 Å². The first-order valence-corrected chi connectivity index (χ1v) is 12.1. The van der Waals surface area contributed by atoms with Crippen molar-refractivity contribution in [2.24, 2.45) is 34.5 Å². The van der Waals surface area contributed by atoms with Gasteiger partial charge >= 0.3 is 23.9 Å². The second kappa shape index (κ2) is 7.17. The van der Waals surface area contributed by atoms with Crippen LogP contribution < -0.4 is 0 Å². The van der Waals surface area contributed by atoms with E-state index in [0.717, 1.165) is 19.6 Å². The summed E-state index contributed by atoms with van der Waals surface area (Å²) in [5.41, 5.74) is -3.49. The van der Waals surface area contributed by atoms with E-state index in [0.29, 0.717) is 12.2 Å². The molecule has 0 aromatic heterocycles. The van der Waals surface area contributed by atoms with Gasteiger partial charge in [0.2, 0.25) is 11.7 Å². The van der Waals surface area contributed by atoms with E-state index in [-0.39, 0.29) is 18.4 Å². The van der Waals surface area contributed by atoms with Crippen LogP contribution in [0.4, 0.5) is 0 Å². The number of allylic oxidation sites excluding steroid dienone is 2. The maximum atomic E-state index is 13.2. The molecule has 4 fully saturated rings. The molecule has 0 unspecified atom stereocenters. The van der Waals surface area contributed by atoms with Gasteiger partial charge in [-0.05, 0) is 29.7 Å². The molecule has 36 heavy (non-hydrogen) atoms. The molecule has 194 valence electrons. The molecule has 2 bridgehead atoms. The normalized spacial score (nSPS) is 49.9. The number of aliphatic hydroxyl groups is 2. The Bertz CT molecular complexity index is 1160. The van der Waals surface area contributed by atoms with E-state index in [1.54, 1.807) is 6.08 Å². The largest absolute Gasteiger partial charge is 0.467 e. The summed E-state index contributed by atoms with van der Waals surface area (Å²) < 4.78 is 27.8. The minimum Gasteiger partial charge on any atom is -0.467 e. The number of esters is 4. The van der Waals surface area contributed by atoms with Gasteiger partial charge in [-0.3, -0.25) is 4.79 Å². The Morgan fingerprint density at radius 3 is 2.58 bits per heavy atom. The van der Waals surface area contributed by atoms with Crippen LogP contribution in [0.2, 0.25) is 0 Å². The molecule has 0 aromatic rings. The Labute approximate surface area is 206 Å². The van der Waals surface area contributed by atoms with Gasteiger partial charge in [-0.15, -0.1) is 0 Å². The van der Waals surface area contributed by atoms with Crippen molar-refractivity contribution in [3.05, 3.63) is 23.5 Å². The zero-order chi connectivity index (χ0) is 25.9. The van der Waals surface area contributed by atoms with Gasteiger partial charge in [0.05, 0.1) is 25.7 Å². The second-order valence-corrected chi connectivity index (χ2v) is 11.1. The summed E-state index contributed by atoms with van der Waals surface area (Å²) >= 11 is 0. The highest BCUT2D eigenvalue weighted by atomic mass is 16.6. The molecule has 11 heteroatoms. The van der Waals surface area contributed by atoms with E-state index in [1.165, 1.54) is 6.08 Å². The molecule has 6 rings (SSSR count). The van der Waals surface area contributed by atoms with Crippen molar-refractivity contribution in [1.29, 1.82) is 0 Å². The number of fused-ring (bicyclic) bond motifs is 3. The quantitative estimate of drug-likeness (QED) is 0.379. The van der Waals surface area contributed by atoms with Crippen LogP contribution in [0.3, 0.4) is 0 Å². The second-order valence-electron chi connectivity index (χ2n) is 11.1. The average molecular weight is 504 g/mol. The average Bonchev–Trinajstić information content (AvgIpc) is 3.33. The lowest BCUT2D eigenvalue weighted by atomic mass is 9.38.